The maximum atomic E-state index is 5.79. The van der Waals surface area contributed by atoms with Crippen LogP contribution in [0.15, 0.2) is 34.9 Å². The molecule has 0 aromatic carbocycles. The van der Waals surface area contributed by atoms with Gasteiger partial charge in [0, 0.05) is 5.03 Å². The molecule has 0 N–H and O–H groups in total. The summed E-state index contributed by atoms with van der Waals surface area (Å²) in [6.07, 6.45) is 3.75. The summed E-state index contributed by atoms with van der Waals surface area (Å²) >= 11 is 5.79. The van der Waals surface area contributed by atoms with Gasteiger partial charge in [-0.05, 0) is 32.9 Å². The Labute approximate surface area is 67.9 Å². The number of halogens is 1. The fourth-order valence-corrected chi connectivity index (χ4v) is 0.957. The van der Waals surface area contributed by atoms with E-state index < -0.39 is 0 Å². The van der Waals surface area contributed by atoms with Gasteiger partial charge in [0.25, 0.3) is 0 Å². The minimum atomic E-state index is 0.743. The van der Waals surface area contributed by atoms with Crippen LogP contribution in [-0.4, -0.2) is 0 Å². The van der Waals surface area contributed by atoms with Gasteiger partial charge in [0.1, 0.15) is 0 Å². The van der Waals surface area contributed by atoms with Gasteiger partial charge >= 0.3 is 0 Å². The molecule has 0 aliphatic heterocycles. The topological polar surface area (TPSA) is 0 Å². The van der Waals surface area contributed by atoms with Crippen molar-refractivity contribution < 1.29 is 0 Å². The zero-order chi connectivity index (χ0) is 8.15. The SMILES string of the molecule is C=C(C)/C=C(/Cl)C=C(C)C. The highest BCUT2D eigenvalue weighted by Crippen LogP contribution is 2.09. The first-order chi connectivity index (χ1) is 4.52. The highest BCUT2D eigenvalue weighted by atomic mass is 35.5. The molecule has 0 saturated carbocycles. The van der Waals surface area contributed by atoms with Gasteiger partial charge in [0.15, 0.2) is 0 Å². The minimum Gasteiger partial charge on any atom is -0.0961 e. The normalized spacial score (nSPS) is 11.0. The van der Waals surface area contributed by atoms with Crippen LogP contribution in [0.1, 0.15) is 20.8 Å². The van der Waals surface area contributed by atoms with E-state index in [1.54, 1.807) is 0 Å². The number of rotatable bonds is 2. The van der Waals surface area contributed by atoms with Gasteiger partial charge in [0.05, 0.1) is 0 Å². The van der Waals surface area contributed by atoms with Crippen LogP contribution < -0.4 is 0 Å². The van der Waals surface area contributed by atoms with Gasteiger partial charge < -0.3 is 0 Å². The molecule has 56 valence electrons. The Balaban J connectivity index is 4.22. The summed E-state index contributed by atoms with van der Waals surface area (Å²) in [6.45, 7) is 9.65. The van der Waals surface area contributed by atoms with Crippen LogP contribution in [0.4, 0.5) is 0 Å². The molecular weight excluding hydrogens is 144 g/mol. The molecule has 0 radical (unpaired) electrons. The molecule has 0 spiro atoms. The van der Waals surface area contributed by atoms with E-state index in [2.05, 4.69) is 6.58 Å². The molecule has 0 aliphatic carbocycles. The molecule has 10 heavy (non-hydrogen) atoms. The Bertz CT molecular complexity index is 181. The van der Waals surface area contributed by atoms with Crippen molar-refractivity contribution in [1.82, 2.24) is 0 Å². The van der Waals surface area contributed by atoms with Gasteiger partial charge in [-0.2, -0.15) is 0 Å². The largest absolute Gasteiger partial charge is 0.0961 e. The lowest BCUT2D eigenvalue weighted by molar-refractivity contribution is 1.38. The Morgan fingerprint density at radius 1 is 1.20 bits per heavy atom. The molecule has 1 heteroatoms. The van der Waals surface area contributed by atoms with E-state index in [9.17, 15) is 0 Å². The lowest BCUT2D eigenvalue weighted by Crippen LogP contribution is -1.69. The quantitative estimate of drug-likeness (QED) is 0.536. The van der Waals surface area contributed by atoms with Gasteiger partial charge in [-0.3, -0.25) is 0 Å². The van der Waals surface area contributed by atoms with Crippen LogP contribution in [0.5, 0.6) is 0 Å². The zero-order valence-corrected chi connectivity index (χ0v) is 7.50. The number of allylic oxidation sites excluding steroid dienone is 5. The highest BCUT2D eigenvalue weighted by molar-refractivity contribution is 6.31. The van der Waals surface area contributed by atoms with Crippen molar-refractivity contribution in [2.45, 2.75) is 20.8 Å². The Morgan fingerprint density at radius 2 is 1.70 bits per heavy atom. The monoisotopic (exact) mass is 156 g/mol. The van der Waals surface area contributed by atoms with E-state index in [0.717, 1.165) is 10.6 Å². The summed E-state index contributed by atoms with van der Waals surface area (Å²) in [6, 6.07) is 0. The zero-order valence-electron chi connectivity index (χ0n) is 6.74. The molecule has 0 nitrogen and oxygen atoms in total. The maximum absolute atomic E-state index is 5.79. The van der Waals surface area contributed by atoms with Gasteiger partial charge in [-0.1, -0.05) is 29.3 Å². The Kier molecular flexibility index (Phi) is 4.13. The average molecular weight is 157 g/mol. The fourth-order valence-electron chi connectivity index (χ4n) is 0.553. The Hall–Kier alpha value is -0.490. The van der Waals surface area contributed by atoms with Gasteiger partial charge in [-0.25, -0.2) is 0 Å². The first kappa shape index (κ1) is 9.51. The summed E-state index contributed by atoms with van der Waals surface area (Å²) in [5.74, 6) is 0. The van der Waals surface area contributed by atoms with E-state index in [0.29, 0.717) is 0 Å². The Morgan fingerprint density at radius 3 is 2.00 bits per heavy atom. The third kappa shape index (κ3) is 5.64. The fraction of sp³-hybridized carbons (Fsp3) is 0.333. The van der Waals surface area contributed by atoms with Crippen molar-refractivity contribution in [2.75, 3.05) is 0 Å². The molecule has 0 unspecified atom stereocenters. The summed E-state index contributed by atoms with van der Waals surface area (Å²) in [5.41, 5.74) is 2.17. The van der Waals surface area contributed by atoms with Gasteiger partial charge in [0.2, 0.25) is 0 Å². The predicted octanol–water partition coefficient (Wildman–Crippen LogP) is 3.65. The smallest absolute Gasteiger partial charge is 0.0407 e. The second-order valence-corrected chi connectivity index (χ2v) is 3.03. The number of hydrogen-bond acceptors (Lipinski definition) is 0. The third-order valence-electron chi connectivity index (χ3n) is 0.811. The van der Waals surface area contributed by atoms with Crippen LogP contribution >= 0.6 is 11.6 Å². The average Bonchev–Trinajstić information content (AvgIpc) is 1.58. The molecule has 0 rings (SSSR count). The van der Waals surface area contributed by atoms with Crippen molar-refractivity contribution in [2.24, 2.45) is 0 Å². The van der Waals surface area contributed by atoms with Crippen LogP contribution in [0, 0.1) is 0 Å². The molecule has 0 saturated heterocycles. The first-order valence-corrected chi connectivity index (χ1v) is 3.58. The molecule has 0 fully saturated rings. The second-order valence-electron chi connectivity index (χ2n) is 2.60. The highest BCUT2D eigenvalue weighted by Gasteiger charge is 1.85. The van der Waals surface area contributed by atoms with Crippen LogP contribution in [-0.2, 0) is 0 Å². The standard InChI is InChI=1S/C9H13Cl/c1-7(2)5-9(10)6-8(3)4/h5-6H,1H2,2-4H3/b9-5+. The molecule has 0 bridgehead atoms. The molecule has 0 aromatic heterocycles. The third-order valence-corrected chi connectivity index (χ3v) is 1.03. The summed E-state index contributed by atoms with van der Waals surface area (Å²) < 4.78 is 0. The van der Waals surface area contributed by atoms with Crippen molar-refractivity contribution >= 4 is 11.6 Å². The number of hydrogen-bond donors (Lipinski definition) is 0. The van der Waals surface area contributed by atoms with Crippen LogP contribution in [0.25, 0.3) is 0 Å². The molecular formula is C9H13Cl. The predicted molar refractivity (Wildman–Crippen MR) is 48.2 cm³/mol. The molecule has 0 aliphatic rings. The van der Waals surface area contributed by atoms with Crippen molar-refractivity contribution in [3.05, 3.63) is 34.9 Å². The van der Waals surface area contributed by atoms with Crippen molar-refractivity contribution in [1.29, 1.82) is 0 Å². The maximum Gasteiger partial charge on any atom is 0.0407 e. The lowest BCUT2D eigenvalue weighted by atomic mass is 10.2. The minimum absolute atomic E-state index is 0.743. The van der Waals surface area contributed by atoms with Crippen molar-refractivity contribution in [3.8, 4) is 0 Å². The molecule has 0 atom stereocenters. The van der Waals surface area contributed by atoms with E-state index in [1.165, 1.54) is 5.57 Å². The van der Waals surface area contributed by atoms with E-state index in [1.807, 2.05) is 32.9 Å². The van der Waals surface area contributed by atoms with E-state index in [-0.39, 0.29) is 0 Å². The summed E-state index contributed by atoms with van der Waals surface area (Å²) in [5, 5.41) is 0.743. The second kappa shape index (κ2) is 4.35. The van der Waals surface area contributed by atoms with Crippen LogP contribution in [0.2, 0.25) is 0 Å². The first-order valence-electron chi connectivity index (χ1n) is 3.20. The van der Waals surface area contributed by atoms with E-state index in [4.69, 9.17) is 11.6 Å². The van der Waals surface area contributed by atoms with E-state index >= 15 is 0 Å². The summed E-state index contributed by atoms with van der Waals surface area (Å²) in [4.78, 5) is 0. The van der Waals surface area contributed by atoms with Crippen LogP contribution in [0.3, 0.4) is 0 Å². The van der Waals surface area contributed by atoms with Crippen molar-refractivity contribution in [3.63, 3.8) is 0 Å². The molecule has 0 amide bonds. The van der Waals surface area contributed by atoms with Gasteiger partial charge in [-0.15, -0.1) is 0 Å². The summed E-state index contributed by atoms with van der Waals surface area (Å²) in [7, 11) is 0. The molecule has 0 aromatic rings. The molecule has 0 heterocycles. The lowest BCUT2D eigenvalue weighted by Gasteiger charge is -1.90.